The first-order valence-electron chi connectivity index (χ1n) is 7.39. The zero-order valence-corrected chi connectivity index (χ0v) is 13.4. The highest BCUT2D eigenvalue weighted by molar-refractivity contribution is 7.80. The van der Waals surface area contributed by atoms with Gasteiger partial charge in [-0.15, -0.1) is 0 Å². The number of ether oxygens (including phenoxy) is 1. The van der Waals surface area contributed by atoms with E-state index in [0.29, 0.717) is 11.6 Å². The molecular weight excluding hydrogens is 302 g/mol. The molecule has 0 aliphatic carbocycles. The highest BCUT2D eigenvalue weighted by Crippen LogP contribution is 2.22. The van der Waals surface area contributed by atoms with Crippen molar-refractivity contribution in [3.8, 4) is 16.9 Å². The van der Waals surface area contributed by atoms with E-state index >= 15 is 0 Å². The number of thiocarbonyl (C=S) groups is 1. The van der Waals surface area contributed by atoms with Crippen LogP contribution in [0.4, 0.5) is 0 Å². The molecule has 3 aromatic rings. The summed E-state index contributed by atoms with van der Waals surface area (Å²) in [5.74, 6) is 0.850. The molecule has 0 saturated heterocycles. The van der Waals surface area contributed by atoms with Crippen LogP contribution in [0.25, 0.3) is 11.1 Å². The van der Waals surface area contributed by atoms with Crippen molar-refractivity contribution in [2.75, 3.05) is 0 Å². The summed E-state index contributed by atoms with van der Waals surface area (Å²) >= 11 is 4.95. The van der Waals surface area contributed by atoms with E-state index in [1.807, 2.05) is 54.6 Å². The van der Waals surface area contributed by atoms with E-state index in [4.69, 9.17) is 22.7 Å². The quantitative estimate of drug-likeness (QED) is 0.700. The summed E-state index contributed by atoms with van der Waals surface area (Å²) in [5, 5.41) is 0. The minimum atomic E-state index is 0.411. The minimum absolute atomic E-state index is 0.411. The maximum Gasteiger partial charge on any atom is 0.119 e. The van der Waals surface area contributed by atoms with Crippen molar-refractivity contribution < 1.29 is 4.74 Å². The van der Waals surface area contributed by atoms with Crippen LogP contribution in [0.5, 0.6) is 5.75 Å². The van der Waals surface area contributed by atoms with Crippen LogP contribution in [-0.4, -0.2) is 4.99 Å². The third-order valence-corrected chi connectivity index (χ3v) is 3.84. The summed E-state index contributed by atoms with van der Waals surface area (Å²) in [6.45, 7) is 0.516. The maximum atomic E-state index is 5.82. The van der Waals surface area contributed by atoms with Crippen LogP contribution in [0.1, 0.15) is 11.1 Å². The number of hydrogen-bond acceptors (Lipinski definition) is 2. The summed E-state index contributed by atoms with van der Waals surface area (Å²) in [4.78, 5) is 0.411. The monoisotopic (exact) mass is 319 g/mol. The average molecular weight is 319 g/mol. The first kappa shape index (κ1) is 15.3. The van der Waals surface area contributed by atoms with Crippen molar-refractivity contribution >= 4 is 17.2 Å². The van der Waals surface area contributed by atoms with Gasteiger partial charge in [-0.2, -0.15) is 0 Å². The predicted molar refractivity (Wildman–Crippen MR) is 98.5 cm³/mol. The van der Waals surface area contributed by atoms with Crippen molar-refractivity contribution in [3.63, 3.8) is 0 Å². The van der Waals surface area contributed by atoms with Gasteiger partial charge in [0.2, 0.25) is 0 Å². The van der Waals surface area contributed by atoms with Crippen molar-refractivity contribution in [1.82, 2.24) is 0 Å². The molecular formula is C20H17NOS. The van der Waals surface area contributed by atoms with Crippen LogP contribution in [0.2, 0.25) is 0 Å². The SMILES string of the molecule is NC(=S)c1ccc(COc2ccc(-c3ccccc3)cc2)cc1. The summed E-state index contributed by atoms with van der Waals surface area (Å²) in [6.07, 6.45) is 0. The van der Waals surface area contributed by atoms with Gasteiger partial charge in [0.15, 0.2) is 0 Å². The molecule has 0 heterocycles. The van der Waals surface area contributed by atoms with Crippen molar-refractivity contribution in [2.24, 2.45) is 5.73 Å². The third kappa shape index (κ3) is 3.96. The zero-order chi connectivity index (χ0) is 16.1. The average Bonchev–Trinajstić information content (AvgIpc) is 2.61. The van der Waals surface area contributed by atoms with E-state index in [1.54, 1.807) is 0 Å². The van der Waals surface area contributed by atoms with Crippen molar-refractivity contribution in [2.45, 2.75) is 6.61 Å². The normalized spacial score (nSPS) is 10.3. The number of nitrogens with two attached hydrogens (primary N) is 1. The molecule has 3 rings (SSSR count). The lowest BCUT2D eigenvalue weighted by Gasteiger charge is -2.08. The zero-order valence-electron chi connectivity index (χ0n) is 12.6. The molecule has 0 radical (unpaired) electrons. The minimum Gasteiger partial charge on any atom is -0.489 e. The van der Waals surface area contributed by atoms with E-state index in [1.165, 1.54) is 11.1 Å². The van der Waals surface area contributed by atoms with Crippen LogP contribution >= 0.6 is 12.2 Å². The first-order valence-corrected chi connectivity index (χ1v) is 7.80. The third-order valence-electron chi connectivity index (χ3n) is 3.61. The molecule has 23 heavy (non-hydrogen) atoms. The van der Waals surface area contributed by atoms with Gasteiger partial charge in [0, 0.05) is 5.56 Å². The number of benzene rings is 3. The lowest BCUT2D eigenvalue weighted by atomic mass is 10.1. The lowest BCUT2D eigenvalue weighted by molar-refractivity contribution is 0.306. The maximum absolute atomic E-state index is 5.82. The Balaban J connectivity index is 1.63. The second kappa shape index (κ2) is 7.07. The Morgan fingerprint density at radius 2 is 1.39 bits per heavy atom. The van der Waals surface area contributed by atoms with Gasteiger partial charge in [-0.3, -0.25) is 0 Å². The molecule has 0 atom stereocenters. The Labute approximate surface area is 141 Å². The number of hydrogen-bond donors (Lipinski definition) is 1. The Kier molecular flexibility index (Phi) is 4.69. The van der Waals surface area contributed by atoms with E-state index in [2.05, 4.69) is 24.3 Å². The van der Waals surface area contributed by atoms with Crippen molar-refractivity contribution in [3.05, 3.63) is 90.0 Å². The largest absolute Gasteiger partial charge is 0.489 e. The van der Waals surface area contributed by atoms with Gasteiger partial charge in [0.25, 0.3) is 0 Å². The topological polar surface area (TPSA) is 35.2 Å². The fourth-order valence-electron chi connectivity index (χ4n) is 2.31. The van der Waals surface area contributed by atoms with Crippen LogP contribution in [0.15, 0.2) is 78.9 Å². The molecule has 0 aromatic heterocycles. The second-order valence-electron chi connectivity index (χ2n) is 5.24. The molecule has 0 unspecified atom stereocenters. The van der Waals surface area contributed by atoms with Gasteiger partial charge in [0.05, 0.1) is 0 Å². The number of rotatable bonds is 5. The van der Waals surface area contributed by atoms with E-state index in [9.17, 15) is 0 Å². The molecule has 2 N–H and O–H groups in total. The van der Waals surface area contributed by atoms with Gasteiger partial charge >= 0.3 is 0 Å². The summed E-state index contributed by atoms with van der Waals surface area (Å²) in [6, 6.07) is 26.2. The van der Waals surface area contributed by atoms with Crippen molar-refractivity contribution in [1.29, 1.82) is 0 Å². The Bertz CT molecular complexity index is 780. The van der Waals surface area contributed by atoms with Crippen LogP contribution < -0.4 is 10.5 Å². The Hall–Kier alpha value is -2.65. The van der Waals surface area contributed by atoms with E-state index < -0.39 is 0 Å². The predicted octanol–water partition coefficient (Wildman–Crippen LogP) is 4.57. The second-order valence-corrected chi connectivity index (χ2v) is 5.68. The van der Waals surface area contributed by atoms with E-state index in [-0.39, 0.29) is 0 Å². The standard InChI is InChI=1S/C20H17NOS/c21-20(23)18-8-6-15(7-9-18)14-22-19-12-10-17(11-13-19)16-4-2-1-3-5-16/h1-13H,14H2,(H2,21,23). The Morgan fingerprint density at radius 3 is 2.00 bits per heavy atom. The molecule has 3 aromatic carbocycles. The molecule has 3 heteroatoms. The molecule has 0 saturated carbocycles. The van der Waals surface area contributed by atoms with Crippen LogP contribution in [0, 0.1) is 0 Å². The van der Waals surface area contributed by atoms with Gasteiger partial charge in [-0.25, -0.2) is 0 Å². The smallest absolute Gasteiger partial charge is 0.119 e. The molecule has 0 aliphatic rings. The molecule has 2 nitrogen and oxygen atoms in total. The molecule has 0 fully saturated rings. The van der Waals surface area contributed by atoms with Crippen LogP contribution in [0.3, 0.4) is 0 Å². The van der Waals surface area contributed by atoms with Gasteiger partial charge < -0.3 is 10.5 Å². The first-order chi connectivity index (χ1) is 11.2. The van der Waals surface area contributed by atoms with Gasteiger partial charge in [-0.05, 0) is 28.8 Å². The summed E-state index contributed by atoms with van der Waals surface area (Å²) in [5.41, 5.74) is 9.92. The molecule has 114 valence electrons. The Morgan fingerprint density at radius 1 is 0.783 bits per heavy atom. The highest BCUT2D eigenvalue weighted by atomic mass is 32.1. The van der Waals surface area contributed by atoms with E-state index in [0.717, 1.165) is 16.9 Å². The lowest BCUT2D eigenvalue weighted by Crippen LogP contribution is -2.09. The van der Waals surface area contributed by atoms with Crippen LogP contribution in [-0.2, 0) is 6.61 Å². The fraction of sp³-hybridized carbons (Fsp3) is 0.0500. The molecule has 0 spiro atoms. The van der Waals surface area contributed by atoms with Gasteiger partial charge in [-0.1, -0.05) is 78.9 Å². The van der Waals surface area contributed by atoms with Gasteiger partial charge in [0.1, 0.15) is 17.3 Å². The summed E-state index contributed by atoms with van der Waals surface area (Å²) < 4.78 is 5.82. The fourth-order valence-corrected chi connectivity index (χ4v) is 2.44. The molecule has 0 amide bonds. The summed E-state index contributed by atoms with van der Waals surface area (Å²) in [7, 11) is 0. The highest BCUT2D eigenvalue weighted by Gasteiger charge is 2.00. The molecule has 0 bridgehead atoms. The molecule has 0 aliphatic heterocycles.